The summed E-state index contributed by atoms with van der Waals surface area (Å²) in [7, 11) is 0. The molecule has 3 aromatic carbocycles. The Morgan fingerprint density at radius 3 is 2.42 bits per heavy atom. The second kappa shape index (κ2) is 11.2. The van der Waals surface area contributed by atoms with E-state index in [1.54, 1.807) is 22.8 Å². The van der Waals surface area contributed by atoms with Gasteiger partial charge in [0.05, 0.1) is 25.1 Å². The van der Waals surface area contributed by atoms with Crippen LogP contribution in [0.4, 0.5) is 5.69 Å². The number of hydrogen-bond donors (Lipinski definition) is 1. The number of fused-ring (bicyclic) bond motifs is 1. The molecule has 3 heterocycles. The summed E-state index contributed by atoms with van der Waals surface area (Å²) in [6, 6.07) is 27.7. The van der Waals surface area contributed by atoms with E-state index in [9.17, 15) is 9.59 Å². The maximum Gasteiger partial charge on any atom is 0.255 e. The Hall–Kier alpha value is -5.26. The third-order valence-corrected chi connectivity index (χ3v) is 6.58. The van der Waals surface area contributed by atoms with Crippen molar-refractivity contribution in [2.24, 2.45) is 0 Å². The number of ether oxygens (including phenoxy) is 1. The predicted molar refractivity (Wildman–Crippen MR) is 152 cm³/mol. The highest BCUT2D eigenvalue weighted by molar-refractivity contribution is 6.04. The van der Waals surface area contributed by atoms with Gasteiger partial charge in [-0.3, -0.25) is 9.59 Å². The second-order valence-electron chi connectivity index (χ2n) is 9.26. The average molecular weight is 528 g/mol. The lowest BCUT2D eigenvalue weighted by Crippen LogP contribution is -2.40. The van der Waals surface area contributed by atoms with Crippen molar-refractivity contribution in [1.82, 2.24) is 19.5 Å². The van der Waals surface area contributed by atoms with Gasteiger partial charge >= 0.3 is 0 Å². The molecule has 0 spiro atoms. The minimum absolute atomic E-state index is 0.00846. The van der Waals surface area contributed by atoms with Crippen LogP contribution in [0.2, 0.25) is 0 Å². The van der Waals surface area contributed by atoms with Crippen molar-refractivity contribution in [3.05, 3.63) is 120 Å². The number of imidazole rings is 1. The lowest BCUT2D eigenvalue weighted by atomic mass is 10.1. The van der Waals surface area contributed by atoms with E-state index in [0.717, 1.165) is 16.8 Å². The molecule has 1 aliphatic rings. The van der Waals surface area contributed by atoms with Gasteiger partial charge in [-0.1, -0.05) is 42.3 Å². The van der Waals surface area contributed by atoms with Gasteiger partial charge in [-0.15, -0.1) is 0 Å². The topological polar surface area (TPSA) is 88.8 Å². The van der Waals surface area contributed by atoms with Crippen molar-refractivity contribution in [3.8, 4) is 23.1 Å². The van der Waals surface area contributed by atoms with Gasteiger partial charge in [0.25, 0.3) is 11.8 Å². The molecule has 40 heavy (non-hydrogen) atoms. The third kappa shape index (κ3) is 5.46. The van der Waals surface area contributed by atoms with Gasteiger partial charge in [0.15, 0.2) is 5.65 Å². The highest BCUT2D eigenvalue weighted by atomic mass is 16.5. The fourth-order valence-corrected chi connectivity index (χ4v) is 4.45. The summed E-state index contributed by atoms with van der Waals surface area (Å²) in [5, 5.41) is 7.67. The highest BCUT2D eigenvalue weighted by Crippen LogP contribution is 2.20. The van der Waals surface area contributed by atoms with Crippen LogP contribution >= 0.6 is 0 Å². The fraction of sp³-hybridized carbons (Fsp3) is 0.125. The molecule has 0 atom stereocenters. The first kappa shape index (κ1) is 25.0. The maximum absolute atomic E-state index is 12.8. The zero-order chi connectivity index (χ0) is 27.3. The van der Waals surface area contributed by atoms with Gasteiger partial charge in [-0.05, 0) is 60.5 Å². The molecule has 1 N–H and O–H groups in total. The van der Waals surface area contributed by atoms with Crippen molar-refractivity contribution in [3.63, 3.8) is 0 Å². The van der Waals surface area contributed by atoms with E-state index in [0.29, 0.717) is 54.5 Å². The van der Waals surface area contributed by atoms with E-state index >= 15 is 0 Å². The van der Waals surface area contributed by atoms with E-state index in [1.807, 2.05) is 83.8 Å². The summed E-state index contributed by atoms with van der Waals surface area (Å²) in [5.41, 5.74) is 5.57. The molecule has 1 saturated heterocycles. The molecule has 2 aromatic heterocycles. The lowest BCUT2D eigenvalue weighted by molar-refractivity contribution is 0.0303. The van der Waals surface area contributed by atoms with Crippen LogP contribution in [0.3, 0.4) is 0 Å². The molecule has 1 fully saturated rings. The smallest absolute Gasteiger partial charge is 0.255 e. The van der Waals surface area contributed by atoms with Gasteiger partial charge in [0.2, 0.25) is 0 Å². The Morgan fingerprint density at radius 2 is 1.62 bits per heavy atom. The Balaban J connectivity index is 1.20. The minimum Gasteiger partial charge on any atom is -0.378 e. The van der Waals surface area contributed by atoms with Crippen LogP contribution in [0.15, 0.2) is 97.2 Å². The van der Waals surface area contributed by atoms with Gasteiger partial charge in [-0.2, -0.15) is 5.10 Å². The second-order valence-corrected chi connectivity index (χ2v) is 9.26. The molecule has 8 heteroatoms. The Morgan fingerprint density at radius 1 is 0.825 bits per heavy atom. The Kier molecular flexibility index (Phi) is 7.03. The number of rotatable bonds is 4. The first-order chi connectivity index (χ1) is 19.6. The van der Waals surface area contributed by atoms with Gasteiger partial charge in [0, 0.05) is 41.0 Å². The molecule has 196 valence electrons. The maximum atomic E-state index is 12.8. The molecule has 2 amide bonds. The number of amides is 2. The van der Waals surface area contributed by atoms with Crippen molar-refractivity contribution in [1.29, 1.82) is 0 Å². The average Bonchev–Trinajstić information content (AvgIpc) is 3.43. The molecular weight excluding hydrogens is 502 g/mol. The molecule has 8 nitrogen and oxygen atoms in total. The van der Waals surface area contributed by atoms with Crippen LogP contribution in [0.1, 0.15) is 32.0 Å². The van der Waals surface area contributed by atoms with Gasteiger partial charge in [-0.25, -0.2) is 9.50 Å². The highest BCUT2D eigenvalue weighted by Gasteiger charge is 2.18. The predicted octanol–water partition coefficient (Wildman–Crippen LogP) is 4.52. The number of hydrogen-bond acceptors (Lipinski definition) is 5. The minimum atomic E-state index is -0.178. The number of carbonyl (C=O) groups is 2. The molecule has 0 aliphatic carbocycles. The normalized spacial score (nSPS) is 12.9. The zero-order valence-corrected chi connectivity index (χ0v) is 21.6. The van der Waals surface area contributed by atoms with Crippen LogP contribution < -0.4 is 5.32 Å². The molecule has 0 saturated carbocycles. The monoisotopic (exact) mass is 527 g/mol. The van der Waals surface area contributed by atoms with Gasteiger partial charge < -0.3 is 15.0 Å². The number of aromatic nitrogens is 3. The van der Waals surface area contributed by atoms with Crippen molar-refractivity contribution in [2.45, 2.75) is 0 Å². The molecule has 0 unspecified atom stereocenters. The first-order valence-corrected chi connectivity index (χ1v) is 12.9. The molecule has 6 rings (SSSR count). The Labute approximate surface area is 231 Å². The number of nitrogens with one attached hydrogen (secondary N) is 1. The molecular formula is C32H25N5O3. The van der Waals surface area contributed by atoms with Crippen LogP contribution in [0.5, 0.6) is 0 Å². The standard InChI is InChI=1S/C32H25N5O3/c38-31(25-6-2-1-3-7-25)34-27-8-4-5-23(21-27)9-14-28-22-33-30-16-15-29(35-37(28)30)24-10-12-26(13-11-24)32(39)36-17-19-40-20-18-36/h1-8,10-13,15-16,21-22H,17-20H2,(H,34,38). The Bertz CT molecular complexity index is 1740. The lowest BCUT2D eigenvalue weighted by Gasteiger charge is -2.26. The van der Waals surface area contributed by atoms with Crippen LogP contribution in [0.25, 0.3) is 16.9 Å². The van der Waals surface area contributed by atoms with Crippen LogP contribution in [0, 0.1) is 11.8 Å². The number of nitrogens with zero attached hydrogens (tertiary/aromatic N) is 4. The summed E-state index contributed by atoms with van der Waals surface area (Å²) in [5.74, 6) is 6.13. The van der Waals surface area contributed by atoms with E-state index in [4.69, 9.17) is 9.84 Å². The zero-order valence-electron chi connectivity index (χ0n) is 21.6. The first-order valence-electron chi connectivity index (χ1n) is 12.9. The van der Waals surface area contributed by atoms with Crippen LogP contribution in [-0.2, 0) is 4.74 Å². The van der Waals surface area contributed by atoms with E-state index in [1.165, 1.54) is 0 Å². The van der Waals surface area contributed by atoms with Crippen LogP contribution in [-0.4, -0.2) is 57.6 Å². The SMILES string of the molecule is O=C(Nc1cccc(C#Cc2cnc3ccc(-c4ccc(C(=O)N5CCOCC5)cc4)nn23)c1)c1ccccc1. The van der Waals surface area contributed by atoms with Crippen molar-refractivity contribution in [2.75, 3.05) is 31.6 Å². The summed E-state index contributed by atoms with van der Waals surface area (Å²) in [6.07, 6.45) is 1.68. The molecule has 0 bridgehead atoms. The number of morpholine rings is 1. The molecule has 1 aliphatic heterocycles. The van der Waals surface area contributed by atoms with Crippen molar-refractivity contribution < 1.29 is 14.3 Å². The summed E-state index contributed by atoms with van der Waals surface area (Å²) >= 11 is 0. The van der Waals surface area contributed by atoms with Gasteiger partial charge in [0.1, 0.15) is 5.69 Å². The number of anilines is 1. The summed E-state index contributed by atoms with van der Waals surface area (Å²) < 4.78 is 7.05. The quantitative estimate of drug-likeness (QED) is 0.347. The largest absolute Gasteiger partial charge is 0.378 e. The number of carbonyl (C=O) groups excluding carboxylic acids is 2. The van der Waals surface area contributed by atoms with E-state index in [2.05, 4.69) is 22.1 Å². The third-order valence-electron chi connectivity index (χ3n) is 6.58. The van der Waals surface area contributed by atoms with E-state index < -0.39 is 0 Å². The van der Waals surface area contributed by atoms with Crippen molar-refractivity contribution >= 4 is 23.1 Å². The summed E-state index contributed by atoms with van der Waals surface area (Å²) in [4.78, 5) is 31.5. The van der Waals surface area contributed by atoms with E-state index in [-0.39, 0.29) is 11.8 Å². The molecule has 0 radical (unpaired) electrons. The fourth-order valence-electron chi connectivity index (χ4n) is 4.45. The number of benzene rings is 3. The molecule has 5 aromatic rings. The summed E-state index contributed by atoms with van der Waals surface area (Å²) in [6.45, 7) is 2.35.